The minimum absolute atomic E-state index is 0.0327. The lowest BCUT2D eigenvalue weighted by molar-refractivity contribution is -0.117. The van der Waals surface area contributed by atoms with Gasteiger partial charge in [-0.3, -0.25) is 15.6 Å². The second kappa shape index (κ2) is 15.1. The van der Waals surface area contributed by atoms with Crippen LogP contribution in [-0.4, -0.2) is 97.7 Å². The molecule has 2 aromatic heterocycles. The number of nitrogens with zero attached hydrogens (tertiary/aromatic N) is 6. The first-order chi connectivity index (χ1) is 28.9. The van der Waals surface area contributed by atoms with Gasteiger partial charge < -0.3 is 34.2 Å². The minimum atomic E-state index is -0.951. The molecule has 4 saturated heterocycles. The number of fused-ring (bicyclic) bond motifs is 5. The maximum absolute atomic E-state index is 16.2. The van der Waals surface area contributed by atoms with Crippen LogP contribution in [0, 0.1) is 11.8 Å². The lowest BCUT2D eigenvalue weighted by atomic mass is 9.65. The Hall–Kier alpha value is -4.63. The number of hydrogen-bond acceptors (Lipinski definition) is 12. The number of hydrazine groups is 1. The molecule has 6 fully saturated rings. The van der Waals surface area contributed by atoms with Crippen molar-refractivity contribution in [3.05, 3.63) is 70.9 Å². The number of piperazine rings is 1. The van der Waals surface area contributed by atoms with Crippen molar-refractivity contribution >= 4 is 34.1 Å². The van der Waals surface area contributed by atoms with Gasteiger partial charge in [-0.2, -0.15) is 9.97 Å². The summed E-state index contributed by atoms with van der Waals surface area (Å²) in [6.45, 7) is 6.99. The molecule has 4 aromatic rings. The zero-order valence-electron chi connectivity index (χ0n) is 33.9. The van der Waals surface area contributed by atoms with E-state index in [-0.39, 0.29) is 42.4 Å². The van der Waals surface area contributed by atoms with Crippen LogP contribution < -0.4 is 40.3 Å². The number of amides is 1. The van der Waals surface area contributed by atoms with Crippen LogP contribution >= 0.6 is 0 Å². The Morgan fingerprint density at radius 1 is 1.00 bits per heavy atom. The van der Waals surface area contributed by atoms with Gasteiger partial charge in [0.25, 0.3) is 0 Å². The second-order valence-electron chi connectivity index (χ2n) is 18.0. The summed E-state index contributed by atoms with van der Waals surface area (Å²) in [7, 11) is 1.90. The Labute approximate surface area is 344 Å². The predicted octanol–water partition coefficient (Wildman–Crippen LogP) is 5.13. The van der Waals surface area contributed by atoms with Crippen molar-refractivity contribution in [3.8, 4) is 11.8 Å². The summed E-state index contributed by atoms with van der Waals surface area (Å²) in [6.07, 6.45) is 6.12. The van der Waals surface area contributed by atoms with Crippen molar-refractivity contribution in [2.75, 3.05) is 61.1 Å². The summed E-state index contributed by atoms with van der Waals surface area (Å²) in [5.74, 6) is 2.79. The van der Waals surface area contributed by atoms with Gasteiger partial charge in [-0.15, -0.1) is 0 Å². The highest BCUT2D eigenvalue weighted by Crippen LogP contribution is 2.55. The van der Waals surface area contributed by atoms with Gasteiger partial charge in [0, 0.05) is 74.8 Å². The number of hydrogen-bond donors (Lipinski definition) is 3. The van der Waals surface area contributed by atoms with Crippen molar-refractivity contribution in [1.82, 2.24) is 31.1 Å². The van der Waals surface area contributed by atoms with Crippen molar-refractivity contribution in [2.24, 2.45) is 11.8 Å². The van der Waals surface area contributed by atoms with E-state index in [9.17, 15) is 4.79 Å². The number of anilines is 3. The number of nitrogens with one attached hydrogen (secondary N) is 3. The molecule has 0 spiro atoms. The van der Waals surface area contributed by atoms with Crippen LogP contribution in [0.1, 0.15) is 79.5 Å². The Bertz CT molecular complexity index is 2240. The molecule has 7 aliphatic rings. The Balaban J connectivity index is 1.00. The van der Waals surface area contributed by atoms with E-state index in [1.54, 1.807) is 6.20 Å². The summed E-state index contributed by atoms with van der Waals surface area (Å²) < 4.78 is 35.7. The Kier molecular flexibility index (Phi) is 9.58. The van der Waals surface area contributed by atoms with Crippen LogP contribution in [0.4, 0.5) is 21.7 Å². The number of alkyl halides is 1. The fourth-order valence-electron chi connectivity index (χ4n) is 10.9. The highest BCUT2D eigenvalue weighted by Gasteiger charge is 2.49. The van der Waals surface area contributed by atoms with Crippen molar-refractivity contribution in [2.45, 2.75) is 101 Å². The van der Waals surface area contributed by atoms with Crippen LogP contribution in [0.15, 0.2) is 48.7 Å². The number of aromatic nitrogens is 3. The van der Waals surface area contributed by atoms with Gasteiger partial charge in [0.1, 0.15) is 36.0 Å². The summed E-state index contributed by atoms with van der Waals surface area (Å²) in [4.78, 5) is 34.4. The number of pyridine rings is 1. The standard InChI is InChI=1S/C45H54FN9O4/c1-25-35(46)18-36-34(20-49-52-36)39(25)40-32(28-9-10-28)17-33-41(50-45(59-31-11-14-57-15-12-31)51-43(33)54-22-29-16-30(54)19-48-29)42(40)58-24-27-7-5-26(6-8-27)21-55-37-4-3-13-47-44(37)53(2)23-38(55)56/h3-8,13,17,25,28-31,34-36,39,48-49,52H,9-12,14-16,18-24H2,1-2H3/t25?,29-,30-,34?,35?,36?,39?/m0/s1. The number of benzene rings is 2. The van der Waals surface area contributed by atoms with Crippen molar-refractivity contribution in [1.29, 1.82) is 0 Å². The molecule has 1 amide bonds. The first kappa shape index (κ1) is 37.4. The van der Waals surface area contributed by atoms with Crippen LogP contribution in [-0.2, 0) is 22.7 Å². The predicted molar refractivity (Wildman–Crippen MR) is 223 cm³/mol. The summed E-state index contributed by atoms with van der Waals surface area (Å²) in [6, 6.07) is 15.7. The SMILES string of the molecule is CC1C(F)CC2NNCC2C1c1c(C2CC2)cc2c(N3C[C@@H]4C[C@H]3CN4)nc(OC3CCOCC3)nc2c1OCc1ccc(CN2C(=O)CN(C)c3ncccc32)cc1. The molecule has 2 saturated carbocycles. The van der Waals surface area contributed by atoms with Crippen molar-refractivity contribution in [3.63, 3.8) is 0 Å². The Morgan fingerprint density at radius 3 is 2.61 bits per heavy atom. The number of halogens is 1. The highest BCUT2D eigenvalue weighted by molar-refractivity contribution is 6.02. The first-order valence-corrected chi connectivity index (χ1v) is 21.8. The lowest BCUT2D eigenvalue weighted by Crippen LogP contribution is -2.45. The monoisotopic (exact) mass is 803 g/mol. The molecule has 0 radical (unpaired) electrons. The van der Waals surface area contributed by atoms with Crippen LogP contribution in [0.25, 0.3) is 10.9 Å². The molecule has 2 aliphatic carbocycles. The molecule has 5 unspecified atom stereocenters. The second-order valence-corrected chi connectivity index (χ2v) is 18.0. The molecule has 2 aromatic carbocycles. The summed E-state index contributed by atoms with van der Waals surface area (Å²) in [5.41, 5.74) is 12.7. The van der Waals surface area contributed by atoms with E-state index in [1.165, 1.54) is 5.56 Å². The van der Waals surface area contributed by atoms with Gasteiger partial charge >= 0.3 is 6.01 Å². The van der Waals surface area contributed by atoms with Gasteiger partial charge in [-0.25, -0.2) is 9.37 Å². The van der Waals surface area contributed by atoms with E-state index in [0.29, 0.717) is 56.8 Å². The molecule has 11 rings (SSSR count). The fourth-order valence-corrected chi connectivity index (χ4v) is 10.9. The largest absolute Gasteiger partial charge is 0.486 e. The number of rotatable bonds is 10. The lowest BCUT2D eigenvalue weighted by Gasteiger charge is -2.41. The molecule has 310 valence electrons. The van der Waals surface area contributed by atoms with Crippen LogP contribution in [0.3, 0.4) is 0 Å². The maximum Gasteiger partial charge on any atom is 0.319 e. The molecular weight excluding hydrogens is 750 g/mol. The van der Waals surface area contributed by atoms with Gasteiger partial charge in [0.05, 0.1) is 32.0 Å². The van der Waals surface area contributed by atoms with E-state index < -0.39 is 6.17 Å². The van der Waals surface area contributed by atoms with Gasteiger partial charge in [0.2, 0.25) is 5.91 Å². The number of likely N-dealkylation sites (N-methyl/N-ethyl adjacent to an activating group) is 1. The highest BCUT2D eigenvalue weighted by atomic mass is 19.1. The normalized spacial score (nSPS) is 29.3. The summed E-state index contributed by atoms with van der Waals surface area (Å²) >= 11 is 0. The molecule has 7 heterocycles. The van der Waals surface area contributed by atoms with Crippen LogP contribution in [0.5, 0.6) is 11.8 Å². The topological polar surface area (TPSA) is 129 Å². The average Bonchev–Trinajstić information content (AvgIpc) is 3.60. The molecule has 13 nitrogen and oxygen atoms in total. The molecular formula is C45H54FN9O4. The van der Waals surface area contributed by atoms with Gasteiger partial charge in [-0.05, 0) is 84.2 Å². The number of carbonyl (C=O) groups excluding carboxylic acids is 1. The zero-order valence-corrected chi connectivity index (χ0v) is 33.9. The first-order valence-electron chi connectivity index (χ1n) is 21.8. The molecule has 59 heavy (non-hydrogen) atoms. The van der Waals surface area contributed by atoms with Crippen molar-refractivity contribution < 1.29 is 23.4 Å². The average molecular weight is 804 g/mol. The summed E-state index contributed by atoms with van der Waals surface area (Å²) in [5, 5.41) is 4.65. The van der Waals surface area contributed by atoms with E-state index in [0.717, 1.165) is 102 Å². The number of carbonyl (C=O) groups is 1. The van der Waals surface area contributed by atoms with Crippen LogP contribution in [0.2, 0.25) is 0 Å². The van der Waals surface area contributed by atoms with E-state index in [4.69, 9.17) is 24.2 Å². The third kappa shape index (κ3) is 6.85. The molecule has 5 aliphatic heterocycles. The third-order valence-electron chi connectivity index (χ3n) is 14.2. The smallest absolute Gasteiger partial charge is 0.319 e. The quantitative estimate of drug-likeness (QED) is 0.197. The zero-order chi connectivity index (χ0) is 39.8. The molecule has 7 atom stereocenters. The maximum atomic E-state index is 16.2. The van der Waals surface area contributed by atoms with Gasteiger partial charge in [0.15, 0.2) is 5.82 Å². The molecule has 14 heteroatoms. The van der Waals surface area contributed by atoms with E-state index in [1.807, 2.05) is 29.0 Å². The van der Waals surface area contributed by atoms with E-state index in [2.05, 4.69) is 63.3 Å². The third-order valence-corrected chi connectivity index (χ3v) is 14.2. The number of ether oxygens (including phenoxy) is 3. The molecule has 3 N–H and O–H groups in total. The molecule has 2 bridgehead atoms. The minimum Gasteiger partial charge on any atom is -0.486 e. The van der Waals surface area contributed by atoms with Gasteiger partial charge in [-0.1, -0.05) is 31.2 Å². The fraction of sp³-hybridized carbons (Fsp3) is 0.556. The Morgan fingerprint density at radius 2 is 1.83 bits per heavy atom. The van der Waals surface area contributed by atoms with E-state index >= 15 is 4.39 Å².